The van der Waals surface area contributed by atoms with Crippen LogP contribution in [0.2, 0.25) is 0 Å². The number of carbonyl (C=O) groups excluding carboxylic acids is 1. The first-order chi connectivity index (χ1) is 20.7. The Bertz CT molecular complexity index is 762. The van der Waals surface area contributed by atoms with E-state index in [1.807, 2.05) is 6.08 Å². The molecule has 0 aromatic carbocycles. The highest BCUT2D eigenvalue weighted by Gasteiger charge is 2.17. The van der Waals surface area contributed by atoms with Gasteiger partial charge in [-0.15, -0.1) is 0 Å². The molecule has 0 fully saturated rings. The van der Waals surface area contributed by atoms with E-state index < -0.39 is 12.1 Å². The van der Waals surface area contributed by atoms with Gasteiger partial charge in [-0.1, -0.05) is 145 Å². The molecule has 0 spiro atoms. The quantitative estimate of drug-likeness (QED) is 0.0606. The van der Waals surface area contributed by atoms with Crippen LogP contribution in [0.15, 0.2) is 72.9 Å². The maximum absolute atomic E-state index is 12.2. The van der Waals surface area contributed by atoms with Crippen molar-refractivity contribution in [3.8, 4) is 0 Å². The van der Waals surface area contributed by atoms with Crippen LogP contribution in [-0.4, -0.2) is 34.9 Å². The number of aliphatic hydroxyl groups is 2. The summed E-state index contributed by atoms with van der Waals surface area (Å²) in [4.78, 5) is 12.2. The predicted molar refractivity (Wildman–Crippen MR) is 184 cm³/mol. The first kappa shape index (κ1) is 39.8. The Balaban J connectivity index is 3.57. The lowest BCUT2D eigenvalue weighted by molar-refractivity contribution is -0.123. The summed E-state index contributed by atoms with van der Waals surface area (Å²) in [6.45, 7) is 4.07. The van der Waals surface area contributed by atoms with Crippen LogP contribution in [0.1, 0.15) is 142 Å². The molecule has 3 N–H and O–H groups in total. The van der Waals surface area contributed by atoms with Crippen molar-refractivity contribution in [3.63, 3.8) is 0 Å². The van der Waals surface area contributed by atoms with Crippen molar-refractivity contribution in [2.75, 3.05) is 6.61 Å². The van der Waals surface area contributed by atoms with Crippen molar-refractivity contribution in [3.05, 3.63) is 72.9 Å². The summed E-state index contributed by atoms with van der Waals surface area (Å²) in [6.07, 6.45) is 47.3. The van der Waals surface area contributed by atoms with Gasteiger partial charge in [-0.25, -0.2) is 0 Å². The Kier molecular flexibility index (Phi) is 31.6. The molecule has 0 rings (SSSR count). The molecule has 0 aromatic rings. The van der Waals surface area contributed by atoms with Gasteiger partial charge in [0.15, 0.2) is 0 Å². The monoisotopic (exact) mass is 583 g/mol. The normalized spacial score (nSPS) is 14.1. The molecule has 4 heteroatoms. The number of rotatable bonds is 29. The molecule has 0 heterocycles. The Morgan fingerprint density at radius 2 is 1.05 bits per heavy atom. The minimum absolute atomic E-state index is 0.0833. The maximum atomic E-state index is 12.2. The van der Waals surface area contributed by atoms with E-state index in [0.29, 0.717) is 6.42 Å². The van der Waals surface area contributed by atoms with E-state index in [0.717, 1.165) is 57.8 Å². The van der Waals surface area contributed by atoms with Gasteiger partial charge in [0.05, 0.1) is 18.8 Å². The molecule has 2 atom stereocenters. The first-order valence-electron chi connectivity index (χ1n) is 17.2. The summed E-state index contributed by atoms with van der Waals surface area (Å²) >= 11 is 0. The van der Waals surface area contributed by atoms with E-state index in [1.165, 1.54) is 64.2 Å². The Morgan fingerprint density at radius 3 is 1.57 bits per heavy atom. The Labute approximate surface area is 259 Å². The minimum atomic E-state index is -0.840. The maximum Gasteiger partial charge on any atom is 0.220 e. The fourth-order valence-corrected chi connectivity index (χ4v) is 4.55. The van der Waals surface area contributed by atoms with Crippen molar-refractivity contribution in [1.29, 1.82) is 0 Å². The molecule has 240 valence electrons. The summed E-state index contributed by atoms with van der Waals surface area (Å²) in [5.41, 5.74) is 0. The Morgan fingerprint density at radius 1 is 0.595 bits per heavy atom. The van der Waals surface area contributed by atoms with E-state index in [9.17, 15) is 15.0 Å². The van der Waals surface area contributed by atoms with Gasteiger partial charge in [0.25, 0.3) is 0 Å². The molecule has 0 radical (unpaired) electrons. The standard InChI is InChI=1S/C38H65NO3/c1-3-5-7-9-10-11-12-13-14-15-16-17-18-19-20-21-22-23-24-25-26-27-28-30-32-34-38(42)39-36(35-40)37(41)33-31-29-8-6-4-2/h5,7,10-11,13-14,16-17,19-20,31,33,36-37,40-41H,3-4,6,8-9,12,15,18,21-30,32,34-35H2,1-2H3,(H,39,42)/b7-5-,11-10-,14-13-,17-16-,20-19-,33-31+. The second-order valence-electron chi connectivity index (χ2n) is 11.2. The molecular weight excluding hydrogens is 518 g/mol. The van der Waals surface area contributed by atoms with Crippen molar-refractivity contribution in [2.45, 2.75) is 154 Å². The third-order valence-corrected chi connectivity index (χ3v) is 7.20. The van der Waals surface area contributed by atoms with Gasteiger partial charge in [0, 0.05) is 6.42 Å². The zero-order chi connectivity index (χ0) is 30.8. The Hall–Kier alpha value is -2.17. The molecule has 2 unspecified atom stereocenters. The fourth-order valence-electron chi connectivity index (χ4n) is 4.55. The molecule has 4 nitrogen and oxygen atoms in total. The van der Waals surface area contributed by atoms with Gasteiger partial charge in [-0.05, 0) is 64.2 Å². The van der Waals surface area contributed by atoms with Gasteiger partial charge in [0.2, 0.25) is 5.91 Å². The molecule has 0 aliphatic rings. The van der Waals surface area contributed by atoms with Gasteiger partial charge in [-0.2, -0.15) is 0 Å². The number of nitrogens with one attached hydrogen (secondary N) is 1. The first-order valence-corrected chi connectivity index (χ1v) is 17.2. The smallest absolute Gasteiger partial charge is 0.220 e. The van der Waals surface area contributed by atoms with Crippen LogP contribution in [0, 0.1) is 0 Å². The van der Waals surface area contributed by atoms with Crippen molar-refractivity contribution in [2.24, 2.45) is 0 Å². The lowest BCUT2D eigenvalue weighted by atomic mass is 10.1. The highest BCUT2D eigenvalue weighted by Crippen LogP contribution is 2.12. The molecule has 0 saturated carbocycles. The van der Waals surface area contributed by atoms with Crippen LogP contribution >= 0.6 is 0 Å². The summed E-state index contributed by atoms with van der Waals surface area (Å²) in [5.74, 6) is -0.0833. The molecule has 1 amide bonds. The number of allylic oxidation sites excluding steroid dienone is 11. The molecule has 0 aliphatic heterocycles. The highest BCUT2D eigenvalue weighted by atomic mass is 16.3. The zero-order valence-corrected chi connectivity index (χ0v) is 27.2. The van der Waals surface area contributed by atoms with E-state index in [4.69, 9.17) is 0 Å². The van der Waals surface area contributed by atoms with Gasteiger partial charge in [-0.3, -0.25) is 4.79 Å². The molecule has 0 aromatic heterocycles. The molecule has 0 bridgehead atoms. The summed E-state index contributed by atoms with van der Waals surface area (Å²) in [7, 11) is 0. The topological polar surface area (TPSA) is 69.6 Å². The average molecular weight is 584 g/mol. The summed E-state index contributed by atoms with van der Waals surface area (Å²) < 4.78 is 0. The van der Waals surface area contributed by atoms with Crippen LogP contribution in [-0.2, 0) is 4.79 Å². The van der Waals surface area contributed by atoms with Gasteiger partial charge >= 0.3 is 0 Å². The predicted octanol–water partition coefficient (Wildman–Crippen LogP) is 10.0. The molecule has 42 heavy (non-hydrogen) atoms. The van der Waals surface area contributed by atoms with E-state index in [-0.39, 0.29) is 12.5 Å². The van der Waals surface area contributed by atoms with Crippen LogP contribution in [0.25, 0.3) is 0 Å². The zero-order valence-electron chi connectivity index (χ0n) is 27.2. The van der Waals surface area contributed by atoms with Gasteiger partial charge in [0.1, 0.15) is 0 Å². The van der Waals surface area contributed by atoms with Crippen molar-refractivity contribution in [1.82, 2.24) is 5.32 Å². The van der Waals surface area contributed by atoms with Crippen LogP contribution in [0.3, 0.4) is 0 Å². The highest BCUT2D eigenvalue weighted by molar-refractivity contribution is 5.76. The number of carbonyl (C=O) groups is 1. The van der Waals surface area contributed by atoms with Crippen LogP contribution in [0.4, 0.5) is 0 Å². The number of unbranched alkanes of at least 4 members (excludes halogenated alkanes) is 12. The second-order valence-corrected chi connectivity index (χ2v) is 11.2. The van der Waals surface area contributed by atoms with E-state index in [1.54, 1.807) is 6.08 Å². The SMILES string of the molecule is CC/C=C\C/C=C\C/C=C\C/C=C\C/C=C\CCCCCCCCCCCC(=O)NC(CO)C(O)/C=C/CCCCC. The van der Waals surface area contributed by atoms with Crippen LogP contribution in [0.5, 0.6) is 0 Å². The minimum Gasteiger partial charge on any atom is -0.394 e. The lowest BCUT2D eigenvalue weighted by Crippen LogP contribution is -2.45. The fraction of sp³-hybridized carbons (Fsp3) is 0.658. The third-order valence-electron chi connectivity index (χ3n) is 7.20. The third kappa shape index (κ3) is 29.3. The summed E-state index contributed by atoms with van der Waals surface area (Å²) in [5, 5.41) is 22.5. The van der Waals surface area contributed by atoms with Gasteiger partial charge < -0.3 is 15.5 Å². The molecule has 0 aliphatic carbocycles. The number of amides is 1. The van der Waals surface area contributed by atoms with Crippen molar-refractivity contribution >= 4 is 5.91 Å². The molecule has 0 saturated heterocycles. The summed E-state index contributed by atoms with van der Waals surface area (Å²) in [6, 6.07) is -0.624. The number of hydrogen-bond donors (Lipinski definition) is 3. The van der Waals surface area contributed by atoms with E-state index >= 15 is 0 Å². The van der Waals surface area contributed by atoms with Crippen molar-refractivity contribution < 1.29 is 15.0 Å². The largest absolute Gasteiger partial charge is 0.394 e. The lowest BCUT2D eigenvalue weighted by Gasteiger charge is -2.20. The van der Waals surface area contributed by atoms with Crippen LogP contribution < -0.4 is 5.32 Å². The average Bonchev–Trinajstić information content (AvgIpc) is 2.99. The number of hydrogen-bond acceptors (Lipinski definition) is 3. The molecular formula is C38H65NO3. The van der Waals surface area contributed by atoms with E-state index in [2.05, 4.69) is 79.9 Å². The second kappa shape index (κ2) is 33.3. The number of aliphatic hydroxyl groups excluding tert-OH is 2.